The second kappa shape index (κ2) is 9.54. The molecule has 0 radical (unpaired) electrons. The number of nitrogens with zero attached hydrogens (tertiary/aromatic N) is 1. The van der Waals surface area contributed by atoms with Crippen molar-refractivity contribution in [2.75, 3.05) is 18.1 Å². The third-order valence-electron chi connectivity index (χ3n) is 2.99. The molecule has 0 saturated heterocycles. The van der Waals surface area contributed by atoms with Crippen LogP contribution in [0.3, 0.4) is 0 Å². The van der Waals surface area contributed by atoms with Crippen molar-refractivity contribution in [2.24, 2.45) is 0 Å². The number of hydrogen-bond acceptors (Lipinski definition) is 4. The zero-order valence-corrected chi connectivity index (χ0v) is 14.1. The molecule has 7 heteroatoms. The van der Waals surface area contributed by atoms with Gasteiger partial charge in [0.15, 0.2) is 0 Å². The lowest BCUT2D eigenvalue weighted by molar-refractivity contribution is -0.384. The minimum absolute atomic E-state index is 0.0952. The number of unbranched alkanes of at least 4 members (excludes halogenated alkanes) is 3. The molecule has 0 unspecified atom stereocenters. The lowest BCUT2D eigenvalue weighted by Crippen LogP contribution is -2.25. The highest BCUT2D eigenvalue weighted by molar-refractivity contribution is 14.1. The standard InChI is InChI=1S/C14H19IN2O4/c1-21-13-10-11(17(19)20)6-7-12(13)14(18)16-9-5-3-2-4-8-15/h6-7,10H,2-5,8-9H2,1H3,(H,16,18). The SMILES string of the molecule is COc1cc([N+](=O)[O-])ccc1C(=O)NCCCCCCI. The van der Waals surface area contributed by atoms with E-state index in [1.54, 1.807) is 0 Å². The van der Waals surface area contributed by atoms with Gasteiger partial charge in [0.2, 0.25) is 0 Å². The summed E-state index contributed by atoms with van der Waals surface area (Å²) in [5.74, 6) is -0.0535. The van der Waals surface area contributed by atoms with E-state index in [9.17, 15) is 14.9 Å². The molecule has 1 aromatic rings. The number of benzene rings is 1. The van der Waals surface area contributed by atoms with Gasteiger partial charge in [-0.05, 0) is 23.3 Å². The lowest BCUT2D eigenvalue weighted by Gasteiger charge is -2.09. The number of non-ortho nitro benzene ring substituents is 1. The van der Waals surface area contributed by atoms with E-state index in [0.717, 1.165) is 17.3 Å². The quantitative estimate of drug-likeness (QED) is 0.224. The summed E-state index contributed by atoms with van der Waals surface area (Å²) >= 11 is 2.35. The molecule has 1 amide bonds. The third kappa shape index (κ3) is 5.86. The molecule has 6 nitrogen and oxygen atoms in total. The molecule has 0 aliphatic heterocycles. The number of rotatable bonds is 9. The molecule has 0 spiro atoms. The molecule has 0 aliphatic rings. The number of nitrogens with one attached hydrogen (secondary N) is 1. The zero-order valence-electron chi connectivity index (χ0n) is 11.9. The van der Waals surface area contributed by atoms with Crippen molar-refractivity contribution in [3.8, 4) is 5.75 Å². The van der Waals surface area contributed by atoms with E-state index in [4.69, 9.17) is 4.74 Å². The van der Waals surface area contributed by atoms with Crippen molar-refractivity contribution in [1.29, 1.82) is 0 Å². The van der Waals surface area contributed by atoms with Gasteiger partial charge in [-0.1, -0.05) is 35.4 Å². The van der Waals surface area contributed by atoms with Crippen molar-refractivity contribution < 1.29 is 14.5 Å². The van der Waals surface area contributed by atoms with Crippen LogP contribution in [0.25, 0.3) is 0 Å². The Bertz CT molecular complexity index is 494. The molecule has 21 heavy (non-hydrogen) atoms. The number of nitro groups is 1. The van der Waals surface area contributed by atoms with Gasteiger partial charge in [0, 0.05) is 12.6 Å². The summed E-state index contributed by atoms with van der Waals surface area (Å²) in [5.41, 5.74) is 0.220. The van der Waals surface area contributed by atoms with Gasteiger partial charge >= 0.3 is 0 Å². The summed E-state index contributed by atoms with van der Waals surface area (Å²) in [6.45, 7) is 0.597. The fourth-order valence-electron chi connectivity index (χ4n) is 1.85. The highest BCUT2D eigenvalue weighted by Crippen LogP contribution is 2.24. The Morgan fingerprint density at radius 3 is 2.67 bits per heavy atom. The Morgan fingerprint density at radius 2 is 2.05 bits per heavy atom. The van der Waals surface area contributed by atoms with Crippen LogP contribution in [-0.4, -0.2) is 28.9 Å². The van der Waals surface area contributed by atoms with Gasteiger partial charge in [-0.3, -0.25) is 14.9 Å². The summed E-state index contributed by atoms with van der Waals surface area (Å²) in [6, 6.07) is 3.98. The van der Waals surface area contributed by atoms with E-state index in [1.807, 2.05) is 0 Å². The molecular formula is C14H19IN2O4. The third-order valence-corrected chi connectivity index (χ3v) is 3.75. The summed E-state index contributed by atoms with van der Waals surface area (Å²) in [5, 5.41) is 13.5. The van der Waals surface area contributed by atoms with Crippen LogP contribution < -0.4 is 10.1 Å². The number of ether oxygens (including phenoxy) is 1. The van der Waals surface area contributed by atoms with Gasteiger partial charge < -0.3 is 10.1 Å². The van der Waals surface area contributed by atoms with Gasteiger partial charge in [0.25, 0.3) is 11.6 Å². The number of carbonyl (C=O) groups is 1. The maximum absolute atomic E-state index is 12.0. The van der Waals surface area contributed by atoms with Crippen LogP contribution in [0.4, 0.5) is 5.69 Å². The van der Waals surface area contributed by atoms with Crippen molar-refractivity contribution in [1.82, 2.24) is 5.32 Å². The smallest absolute Gasteiger partial charge is 0.273 e. The monoisotopic (exact) mass is 406 g/mol. The summed E-state index contributed by atoms with van der Waals surface area (Å²) in [7, 11) is 1.39. The minimum Gasteiger partial charge on any atom is -0.496 e. The lowest BCUT2D eigenvalue weighted by atomic mass is 10.1. The first-order valence-corrected chi connectivity index (χ1v) is 8.29. The molecular weight excluding hydrogens is 387 g/mol. The first kappa shape index (κ1) is 17.7. The van der Waals surface area contributed by atoms with Crippen LogP contribution in [0.2, 0.25) is 0 Å². The first-order chi connectivity index (χ1) is 10.1. The van der Waals surface area contributed by atoms with Crippen molar-refractivity contribution in [2.45, 2.75) is 25.7 Å². The molecule has 1 N–H and O–H groups in total. The Hall–Kier alpha value is -1.38. The van der Waals surface area contributed by atoms with Crippen LogP contribution in [-0.2, 0) is 0 Å². The maximum Gasteiger partial charge on any atom is 0.273 e. The zero-order chi connectivity index (χ0) is 15.7. The van der Waals surface area contributed by atoms with E-state index in [-0.39, 0.29) is 17.3 Å². The van der Waals surface area contributed by atoms with Crippen molar-refractivity contribution >= 4 is 34.2 Å². The Labute approximate surface area is 137 Å². The average molecular weight is 406 g/mol. The molecule has 0 bridgehead atoms. The molecule has 0 aromatic heterocycles. The molecule has 0 atom stereocenters. The number of methoxy groups -OCH3 is 1. The van der Waals surface area contributed by atoms with Crippen LogP contribution in [0, 0.1) is 10.1 Å². The molecule has 116 valence electrons. The van der Waals surface area contributed by atoms with Crippen molar-refractivity contribution in [3.05, 3.63) is 33.9 Å². The predicted octanol–water partition coefficient (Wildman–Crippen LogP) is 3.33. The number of nitro benzene ring substituents is 1. The predicted molar refractivity (Wildman–Crippen MR) is 89.3 cm³/mol. The minimum atomic E-state index is -0.517. The Balaban J connectivity index is 2.55. The van der Waals surface area contributed by atoms with E-state index in [0.29, 0.717) is 12.1 Å². The Kier molecular flexibility index (Phi) is 8.03. The average Bonchev–Trinajstić information content (AvgIpc) is 2.49. The fraction of sp³-hybridized carbons (Fsp3) is 0.500. The van der Waals surface area contributed by atoms with Gasteiger partial charge in [0.05, 0.1) is 23.7 Å². The van der Waals surface area contributed by atoms with Crippen LogP contribution in [0.1, 0.15) is 36.0 Å². The molecule has 1 aromatic carbocycles. The molecule has 0 heterocycles. The molecule has 0 saturated carbocycles. The summed E-state index contributed by atoms with van der Waals surface area (Å²) < 4.78 is 6.21. The van der Waals surface area contributed by atoms with Gasteiger partial charge in [-0.15, -0.1) is 0 Å². The number of hydrogen-bond donors (Lipinski definition) is 1. The topological polar surface area (TPSA) is 81.5 Å². The normalized spacial score (nSPS) is 10.2. The maximum atomic E-state index is 12.0. The number of amides is 1. The fourth-order valence-corrected chi connectivity index (χ4v) is 2.39. The van der Waals surface area contributed by atoms with Gasteiger partial charge in [-0.25, -0.2) is 0 Å². The summed E-state index contributed by atoms with van der Waals surface area (Å²) in [6.07, 6.45) is 4.38. The van der Waals surface area contributed by atoms with Crippen LogP contribution >= 0.6 is 22.6 Å². The number of alkyl halides is 1. The van der Waals surface area contributed by atoms with Crippen molar-refractivity contribution in [3.63, 3.8) is 0 Å². The highest BCUT2D eigenvalue weighted by atomic mass is 127. The molecule has 1 rings (SSSR count). The molecule has 0 fully saturated rings. The van der Waals surface area contributed by atoms with E-state index < -0.39 is 4.92 Å². The Morgan fingerprint density at radius 1 is 1.33 bits per heavy atom. The van der Waals surface area contributed by atoms with Crippen LogP contribution in [0.5, 0.6) is 5.75 Å². The van der Waals surface area contributed by atoms with Gasteiger partial charge in [0.1, 0.15) is 5.75 Å². The summed E-state index contributed by atoms with van der Waals surface area (Å²) in [4.78, 5) is 22.2. The largest absolute Gasteiger partial charge is 0.496 e. The number of carbonyl (C=O) groups excluding carboxylic acids is 1. The van der Waals surface area contributed by atoms with E-state index >= 15 is 0 Å². The number of halogens is 1. The first-order valence-electron chi connectivity index (χ1n) is 6.76. The second-order valence-corrected chi connectivity index (χ2v) is 5.58. The van der Waals surface area contributed by atoms with E-state index in [1.165, 1.54) is 38.2 Å². The van der Waals surface area contributed by atoms with E-state index in [2.05, 4.69) is 27.9 Å². The van der Waals surface area contributed by atoms with Gasteiger partial charge in [-0.2, -0.15) is 0 Å². The molecule has 0 aliphatic carbocycles. The second-order valence-electron chi connectivity index (χ2n) is 4.50. The highest BCUT2D eigenvalue weighted by Gasteiger charge is 2.16. The van der Waals surface area contributed by atoms with Crippen LogP contribution in [0.15, 0.2) is 18.2 Å².